The molecule has 0 radical (unpaired) electrons. The van der Waals surface area contributed by atoms with E-state index in [1.54, 1.807) is 13.8 Å². The summed E-state index contributed by atoms with van der Waals surface area (Å²) in [6.45, 7) is 8.08. The van der Waals surface area contributed by atoms with Gasteiger partial charge in [-0.3, -0.25) is 0 Å². The SMILES string of the molecule is CCCCCCCCC1(CCCCCCCC)c2cc(Br)ccc2-c2ccc(C#CC(C)(C)O)cc21. The van der Waals surface area contributed by atoms with Gasteiger partial charge in [-0.05, 0) is 73.2 Å². The van der Waals surface area contributed by atoms with E-state index >= 15 is 0 Å². The van der Waals surface area contributed by atoms with Gasteiger partial charge in [-0.1, -0.05) is 131 Å². The lowest BCUT2D eigenvalue weighted by molar-refractivity contribution is 0.143. The summed E-state index contributed by atoms with van der Waals surface area (Å²) in [5.74, 6) is 6.29. The number of fused-ring (bicyclic) bond motifs is 3. The molecule has 36 heavy (non-hydrogen) atoms. The Hall–Kier alpha value is -1.56. The summed E-state index contributed by atoms with van der Waals surface area (Å²) in [4.78, 5) is 0. The van der Waals surface area contributed by atoms with Crippen molar-refractivity contribution in [3.05, 3.63) is 57.6 Å². The molecule has 0 spiro atoms. The maximum absolute atomic E-state index is 10.2. The molecule has 3 rings (SSSR count). The van der Waals surface area contributed by atoms with Crippen molar-refractivity contribution in [2.45, 2.75) is 129 Å². The minimum atomic E-state index is -0.985. The van der Waals surface area contributed by atoms with Gasteiger partial charge in [0.2, 0.25) is 0 Å². The summed E-state index contributed by atoms with van der Waals surface area (Å²) >= 11 is 3.79. The minimum absolute atomic E-state index is 0.0520. The van der Waals surface area contributed by atoms with Gasteiger partial charge in [0.25, 0.3) is 0 Å². The molecule has 2 aromatic rings. The van der Waals surface area contributed by atoms with E-state index in [2.05, 4.69) is 78.0 Å². The average molecular weight is 552 g/mol. The fourth-order valence-electron chi connectivity index (χ4n) is 5.85. The standard InChI is InChI=1S/C34H47BrO/c1-5-7-9-11-13-15-22-34(23-16-14-12-10-8-6-2)31-25-27(21-24-33(3,4)36)17-19-29(31)30-20-18-28(35)26-32(30)34/h17-20,25-26,36H,5-16,22-23H2,1-4H3. The van der Waals surface area contributed by atoms with Crippen LogP contribution in [0.5, 0.6) is 0 Å². The van der Waals surface area contributed by atoms with Crippen LogP contribution < -0.4 is 0 Å². The molecule has 2 heteroatoms. The topological polar surface area (TPSA) is 20.2 Å². The minimum Gasteiger partial charge on any atom is -0.378 e. The Morgan fingerprint density at radius 3 is 1.78 bits per heavy atom. The van der Waals surface area contributed by atoms with Gasteiger partial charge in [-0.15, -0.1) is 0 Å². The number of hydrogen-bond donors (Lipinski definition) is 1. The van der Waals surface area contributed by atoms with Gasteiger partial charge in [-0.25, -0.2) is 0 Å². The Morgan fingerprint density at radius 1 is 0.722 bits per heavy atom. The number of aliphatic hydroxyl groups is 1. The molecule has 0 atom stereocenters. The van der Waals surface area contributed by atoms with Crippen LogP contribution in [0.1, 0.15) is 134 Å². The molecule has 0 aliphatic heterocycles. The van der Waals surface area contributed by atoms with Gasteiger partial charge in [0.1, 0.15) is 5.60 Å². The van der Waals surface area contributed by atoms with Crippen molar-refractivity contribution in [2.75, 3.05) is 0 Å². The summed E-state index contributed by atoms with van der Waals surface area (Å²) in [5, 5.41) is 10.2. The Morgan fingerprint density at radius 2 is 1.22 bits per heavy atom. The van der Waals surface area contributed by atoms with E-state index < -0.39 is 5.60 Å². The van der Waals surface area contributed by atoms with Gasteiger partial charge in [0.05, 0.1) is 0 Å². The lowest BCUT2D eigenvalue weighted by Gasteiger charge is -2.33. The number of unbranched alkanes of at least 4 members (excludes halogenated alkanes) is 10. The van der Waals surface area contributed by atoms with E-state index in [4.69, 9.17) is 0 Å². The zero-order chi connectivity index (χ0) is 26.0. The first-order valence-corrected chi connectivity index (χ1v) is 15.3. The molecule has 1 aliphatic carbocycles. The molecule has 0 saturated heterocycles. The summed E-state index contributed by atoms with van der Waals surface area (Å²) in [6, 6.07) is 13.7. The predicted octanol–water partition coefficient (Wildman–Crippen LogP) is 10.3. The Bertz CT molecular complexity index is 1020. The van der Waals surface area contributed by atoms with Crippen molar-refractivity contribution in [1.82, 2.24) is 0 Å². The van der Waals surface area contributed by atoms with Crippen LogP contribution in [-0.2, 0) is 5.41 Å². The summed E-state index contributed by atoms with van der Waals surface area (Å²) < 4.78 is 1.17. The van der Waals surface area contributed by atoms with Crippen LogP contribution in [-0.4, -0.2) is 10.7 Å². The maximum atomic E-state index is 10.2. The Balaban J connectivity index is 1.96. The molecule has 1 N–H and O–H groups in total. The first-order chi connectivity index (χ1) is 17.3. The Labute approximate surface area is 229 Å². The molecule has 0 saturated carbocycles. The van der Waals surface area contributed by atoms with Crippen molar-refractivity contribution in [2.24, 2.45) is 0 Å². The Kier molecular flexibility index (Phi) is 11.1. The second-order valence-electron chi connectivity index (χ2n) is 11.4. The molecule has 196 valence electrons. The lowest BCUT2D eigenvalue weighted by Crippen LogP contribution is -2.25. The molecular formula is C34H47BrO. The van der Waals surface area contributed by atoms with E-state index in [-0.39, 0.29) is 5.41 Å². The largest absolute Gasteiger partial charge is 0.378 e. The van der Waals surface area contributed by atoms with E-state index in [1.165, 1.54) is 117 Å². The first kappa shape index (κ1) is 29.0. The molecule has 0 unspecified atom stereocenters. The van der Waals surface area contributed by atoms with Crippen LogP contribution in [0, 0.1) is 11.8 Å². The van der Waals surface area contributed by atoms with Gasteiger partial charge >= 0.3 is 0 Å². The fourth-order valence-corrected chi connectivity index (χ4v) is 6.21. The lowest BCUT2D eigenvalue weighted by atomic mass is 9.70. The molecule has 0 bridgehead atoms. The van der Waals surface area contributed by atoms with Gasteiger partial charge < -0.3 is 5.11 Å². The van der Waals surface area contributed by atoms with E-state index in [1.807, 2.05) is 0 Å². The highest BCUT2D eigenvalue weighted by Crippen LogP contribution is 2.55. The fraction of sp³-hybridized carbons (Fsp3) is 0.588. The van der Waals surface area contributed by atoms with Crippen LogP contribution in [0.25, 0.3) is 11.1 Å². The van der Waals surface area contributed by atoms with Crippen LogP contribution in [0.4, 0.5) is 0 Å². The van der Waals surface area contributed by atoms with Crippen molar-refractivity contribution in [1.29, 1.82) is 0 Å². The highest BCUT2D eigenvalue weighted by molar-refractivity contribution is 9.10. The van der Waals surface area contributed by atoms with Crippen LogP contribution in [0.3, 0.4) is 0 Å². The van der Waals surface area contributed by atoms with Crippen LogP contribution in [0.15, 0.2) is 40.9 Å². The highest BCUT2D eigenvalue weighted by Gasteiger charge is 2.42. The van der Waals surface area contributed by atoms with E-state index in [0.29, 0.717) is 0 Å². The van der Waals surface area contributed by atoms with Gasteiger partial charge in [-0.2, -0.15) is 0 Å². The van der Waals surface area contributed by atoms with Crippen molar-refractivity contribution >= 4 is 15.9 Å². The summed E-state index contributed by atoms with van der Waals surface area (Å²) in [7, 11) is 0. The maximum Gasteiger partial charge on any atom is 0.120 e. The zero-order valence-corrected chi connectivity index (χ0v) is 24.8. The van der Waals surface area contributed by atoms with Gasteiger partial charge in [0, 0.05) is 15.5 Å². The molecule has 0 amide bonds. The van der Waals surface area contributed by atoms with Gasteiger partial charge in [0.15, 0.2) is 0 Å². The number of rotatable bonds is 14. The molecule has 0 aromatic heterocycles. The van der Waals surface area contributed by atoms with E-state index in [0.717, 1.165) is 5.56 Å². The summed E-state index contributed by atoms with van der Waals surface area (Å²) in [6.07, 6.45) is 18.3. The number of benzene rings is 2. The monoisotopic (exact) mass is 550 g/mol. The highest BCUT2D eigenvalue weighted by atomic mass is 79.9. The van der Waals surface area contributed by atoms with Crippen molar-refractivity contribution < 1.29 is 5.11 Å². The van der Waals surface area contributed by atoms with Crippen molar-refractivity contribution in [3.8, 4) is 23.0 Å². The third-order valence-corrected chi connectivity index (χ3v) is 8.24. The second kappa shape index (κ2) is 13.8. The molecule has 1 aliphatic rings. The average Bonchev–Trinajstić information content (AvgIpc) is 3.10. The molecule has 0 fully saturated rings. The third kappa shape index (κ3) is 7.72. The molecule has 1 nitrogen and oxygen atoms in total. The van der Waals surface area contributed by atoms with Crippen LogP contribution >= 0.6 is 15.9 Å². The quantitative estimate of drug-likeness (QED) is 0.183. The zero-order valence-electron chi connectivity index (χ0n) is 23.2. The smallest absolute Gasteiger partial charge is 0.120 e. The number of halogens is 1. The number of hydrogen-bond acceptors (Lipinski definition) is 1. The van der Waals surface area contributed by atoms with Crippen molar-refractivity contribution in [3.63, 3.8) is 0 Å². The van der Waals surface area contributed by atoms with E-state index in [9.17, 15) is 5.11 Å². The third-order valence-electron chi connectivity index (χ3n) is 7.75. The second-order valence-corrected chi connectivity index (χ2v) is 12.3. The van der Waals surface area contributed by atoms with Crippen LogP contribution in [0.2, 0.25) is 0 Å². The summed E-state index contributed by atoms with van der Waals surface area (Å²) in [5.41, 5.74) is 5.81. The molecular weight excluding hydrogens is 504 g/mol. The predicted molar refractivity (Wildman–Crippen MR) is 160 cm³/mol. The molecule has 2 aromatic carbocycles. The first-order valence-electron chi connectivity index (χ1n) is 14.5. The molecule has 0 heterocycles. The normalized spacial score (nSPS) is 13.7.